The van der Waals surface area contributed by atoms with Crippen molar-refractivity contribution < 1.29 is 14.0 Å². The van der Waals surface area contributed by atoms with E-state index >= 15 is 0 Å². The molecule has 0 fully saturated rings. The third kappa shape index (κ3) is 5.01. The molecule has 0 aliphatic carbocycles. The third-order valence-corrected chi connectivity index (χ3v) is 3.51. The molecule has 1 unspecified atom stereocenters. The smallest absolute Gasteiger partial charge is 0.377 e. The molecule has 1 atom stereocenters. The van der Waals surface area contributed by atoms with Crippen molar-refractivity contribution in [1.29, 1.82) is 0 Å². The molecule has 84 valence electrons. The van der Waals surface area contributed by atoms with Crippen LogP contribution in [0.15, 0.2) is 30.3 Å². The van der Waals surface area contributed by atoms with Gasteiger partial charge >= 0.3 is 7.60 Å². The predicted molar refractivity (Wildman–Crippen MR) is 61.2 cm³/mol. The Morgan fingerprint density at radius 2 is 1.80 bits per heavy atom. The Bertz CT molecular complexity index is 354. The Morgan fingerprint density at radius 3 is 2.27 bits per heavy atom. The summed E-state index contributed by atoms with van der Waals surface area (Å²) in [5, 5.41) is 0. The fourth-order valence-corrected chi connectivity index (χ4v) is 2.99. The van der Waals surface area contributed by atoms with E-state index in [0.717, 1.165) is 0 Å². The van der Waals surface area contributed by atoms with Gasteiger partial charge in [-0.1, -0.05) is 39.0 Å². The molecule has 0 amide bonds. The number of hydrogen-bond donors (Lipinski definition) is 1. The van der Waals surface area contributed by atoms with Gasteiger partial charge in [0.05, 0.1) is 6.16 Å². The summed E-state index contributed by atoms with van der Waals surface area (Å²) in [6.45, 7) is 5.72. The first kappa shape index (κ1) is 12.3. The molecule has 3 nitrogen and oxygen atoms in total. The van der Waals surface area contributed by atoms with Crippen LogP contribution in [0.25, 0.3) is 0 Å². The van der Waals surface area contributed by atoms with Crippen LogP contribution in [0.1, 0.15) is 20.8 Å². The molecule has 0 aromatic heterocycles. The lowest BCUT2D eigenvalue weighted by molar-refractivity contribution is 0.349. The molecular formula is C11H17O3P. The Kier molecular flexibility index (Phi) is 3.58. The lowest BCUT2D eigenvalue weighted by Crippen LogP contribution is -2.14. The van der Waals surface area contributed by atoms with Gasteiger partial charge in [-0.25, -0.2) is 4.57 Å². The first-order chi connectivity index (χ1) is 6.79. The lowest BCUT2D eigenvalue weighted by atomic mass is 10.0. The van der Waals surface area contributed by atoms with E-state index in [9.17, 15) is 9.46 Å². The standard InChI is InChI=1S/C11H17O3P/c1-11(2,3)9-15(12,13)14-10-7-5-4-6-8-10/h4-8H,9H2,1-3H3,(H,12,13). The van der Waals surface area contributed by atoms with Gasteiger partial charge in [-0.15, -0.1) is 0 Å². The van der Waals surface area contributed by atoms with E-state index in [-0.39, 0.29) is 11.6 Å². The molecule has 0 aliphatic heterocycles. The van der Waals surface area contributed by atoms with Gasteiger partial charge in [0.1, 0.15) is 5.75 Å². The fourth-order valence-electron chi connectivity index (χ4n) is 1.28. The highest BCUT2D eigenvalue weighted by Gasteiger charge is 2.28. The molecule has 4 heteroatoms. The summed E-state index contributed by atoms with van der Waals surface area (Å²) in [6.07, 6.45) is 0.148. The van der Waals surface area contributed by atoms with Crippen LogP contribution in [0, 0.1) is 5.41 Å². The van der Waals surface area contributed by atoms with Crippen LogP contribution >= 0.6 is 7.60 Å². The summed E-state index contributed by atoms with van der Waals surface area (Å²) in [7, 11) is -3.54. The van der Waals surface area contributed by atoms with Crippen molar-refractivity contribution in [3.63, 3.8) is 0 Å². The number of hydrogen-bond acceptors (Lipinski definition) is 2. The quantitative estimate of drug-likeness (QED) is 0.807. The zero-order chi connectivity index (χ0) is 11.5. The van der Waals surface area contributed by atoms with Crippen molar-refractivity contribution in [2.45, 2.75) is 20.8 Å². The molecule has 0 aliphatic rings. The van der Waals surface area contributed by atoms with Crippen molar-refractivity contribution in [3.05, 3.63) is 30.3 Å². The molecule has 0 saturated carbocycles. The molecule has 0 heterocycles. The van der Waals surface area contributed by atoms with Gasteiger partial charge < -0.3 is 9.42 Å². The minimum Gasteiger partial charge on any atom is -0.424 e. The molecule has 15 heavy (non-hydrogen) atoms. The first-order valence-electron chi connectivity index (χ1n) is 4.85. The summed E-state index contributed by atoms with van der Waals surface area (Å²) in [6, 6.07) is 8.72. The Morgan fingerprint density at radius 1 is 1.27 bits per heavy atom. The van der Waals surface area contributed by atoms with E-state index in [1.165, 1.54) is 0 Å². The maximum atomic E-state index is 11.7. The van der Waals surface area contributed by atoms with Gasteiger partial charge in [0.25, 0.3) is 0 Å². The highest BCUT2D eigenvalue weighted by Crippen LogP contribution is 2.47. The van der Waals surface area contributed by atoms with Crippen molar-refractivity contribution in [2.75, 3.05) is 6.16 Å². The van der Waals surface area contributed by atoms with Crippen molar-refractivity contribution in [2.24, 2.45) is 5.41 Å². The number of benzene rings is 1. The van der Waals surface area contributed by atoms with Crippen molar-refractivity contribution in [3.8, 4) is 5.75 Å². The van der Waals surface area contributed by atoms with Crippen LogP contribution in [-0.2, 0) is 4.57 Å². The molecule has 1 N–H and O–H groups in total. The van der Waals surface area contributed by atoms with Crippen LogP contribution in [0.5, 0.6) is 5.75 Å². The molecule has 1 rings (SSSR count). The summed E-state index contributed by atoms with van der Waals surface area (Å²) < 4.78 is 16.8. The monoisotopic (exact) mass is 228 g/mol. The summed E-state index contributed by atoms with van der Waals surface area (Å²) in [5.41, 5.74) is -0.223. The molecule has 0 spiro atoms. The fraction of sp³-hybridized carbons (Fsp3) is 0.455. The zero-order valence-electron chi connectivity index (χ0n) is 9.30. The van der Waals surface area contributed by atoms with E-state index in [1.807, 2.05) is 26.8 Å². The topological polar surface area (TPSA) is 46.5 Å². The van der Waals surface area contributed by atoms with Crippen molar-refractivity contribution >= 4 is 7.60 Å². The molecule has 0 bridgehead atoms. The van der Waals surface area contributed by atoms with Crippen molar-refractivity contribution in [1.82, 2.24) is 0 Å². The summed E-state index contributed by atoms with van der Waals surface area (Å²) >= 11 is 0. The van der Waals surface area contributed by atoms with Gasteiger partial charge in [0, 0.05) is 0 Å². The second-order valence-electron chi connectivity index (χ2n) is 4.76. The van der Waals surface area contributed by atoms with Gasteiger partial charge in [-0.2, -0.15) is 0 Å². The highest BCUT2D eigenvalue weighted by molar-refractivity contribution is 7.53. The van der Waals surface area contributed by atoms with E-state index in [4.69, 9.17) is 4.52 Å². The Labute approximate surface area is 90.6 Å². The van der Waals surface area contributed by atoms with Gasteiger partial charge in [0.15, 0.2) is 0 Å². The van der Waals surface area contributed by atoms with Crippen LogP contribution < -0.4 is 4.52 Å². The maximum absolute atomic E-state index is 11.7. The second-order valence-corrected chi connectivity index (χ2v) is 6.53. The largest absolute Gasteiger partial charge is 0.424 e. The van der Waals surface area contributed by atoms with E-state index < -0.39 is 7.60 Å². The van der Waals surface area contributed by atoms with E-state index in [0.29, 0.717) is 5.75 Å². The van der Waals surface area contributed by atoms with Crippen LogP contribution in [0.3, 0.4) is 0 Å². The highest BCUT2D eigenvalue weighted by atomic mass is 31.2. The average molecular weight is 228 g/mol. The van der Waals surface area contributed by atoms with E-state index in [1.54, 1.807) is 24.3 Å². The minimum absolute atomic E-state index is 0.148. The van der Waals surface area contributed by atoms with Gasteiger partial charge in [-0.3, -0.25) is 0 Å². The van der Waals surface area contributed by atoms with Gasteiger partial charge in [-0.05, 0) is 17.5 Å². The van der Waals surface area contributed by atoms with Crippen LogP contribution in [0.2, 0.25) is 0 Å². The summed E-state index contributed by atoms with van der Waals surface area (Å²) in [5.74, 6) is 0.438. The Hall–Kier alpha value is -0.790. The molecule has 1 aromatic carbocycles. The molecule has 0 saturated heterocycles. The average Bonchev–Trinajstić information content (AvgIpc) is 1.99. The lowest BCUT2D eigenvalue weighted by Gasteiger charge is -2.22. The molecule has 1 aromatic rings. The minimum atomic E-state index is -3.54. The third-order valence-electron chi connectivity index (χ3n) is 1.67. The molecule has 0 radical (unpaired) electrons. The SMILES string of the molecule is CC(C)(C)CP(=O)(O)Oc1ccccc1. The second kappa shape index (κ2) is 4.38. The Balaban J connectivity index is 2.69. The number of para-hydroxylation sites is 1. The van der Waals surface area contributed by atoms with Gasteiger partial charge in [0.2, 0.25) is 0 Å². The van der Waals surface area contributed by atoms with E-state index in [2.05, 4.69) is 0 Å². The van der Waals surface area contributed by atoms with Crippen LogP contribution in [0.4, 0.5) is 0 Å². The zero-order valence-corrected chi connectivity index (χ0v) is 10.2. The normalized spacial score (nSPS) is 15.7. The van der Waals surface area contributed by atoms with Crippen LogP contribution in [-0.4, -0.2) is 11.1 Å². The predicted octanol–water partition coefficient (Wildman–Crippen LogP) is 3.30. The molecular weight excluding hydrogens is 211 g/mol. The number of rotatable bonds is 3. The summed E-state index contributed by atoms with van der Waals surface area (Å²) in [4.78, 5) is 9.64. The first-order valence-corrected chi connectivity index (χ1v) is 6.61. The maximum Gasteiger partial charge on any atom is 0.377 e.